The number of carbonyl (C=O) groups excluding carboxylic acids is 4. The number of carbonyl (C=O) groups is 4. The minimum Gasteiger partial charge on any atom is -0.368 e. The van der Waals surface area contributed by atoms with Crippen molar-refractivity contribution < 1.29 is 23.6 Å². The molecule has 0 spiro atoms. The zero-order valence-corrected chi connectivity index (χ0v) is 17.7. The van der Waals surface area contributed by atoms with Gasteiger partial charge in [-0.3, -0.25) is 34.3 Å². The summed E-state index contributed by atoms with van der Waals surface area (Å²) in [5.74, 6) is -3.00. The van der Waals surface area contributed by atoms with Crippen LogP contribution in [0.15, 0.2) is 12.1 Å². The Balaban J connectivity index is 1.36. The standard InChI is InChI=1S/C22H26FN5O4/c23-16-9-14-15(22(32)28(21(14)31)17-1-2-19(29)25-20(17)30)10-18(16)27-8-5-13(11-27)26-6-3-12(24)4-7-26/h9-10,12-13,17H,1-8,11,24H2,(H,25,29,30). The van der Waals surface area contributed by atoms with Crippen LogP contribution in [0, 0.1) is 5.82 Å². The van der Waals surface area contributed by atoms with Crippen LogP contribution in [0.4, 0.5) is 10.1 Å². The number of nitrogens with one attached hydrogen (secondary N) is 1. The second kappa shape index (κ2) is 7.93. The molecule has 3 saturated heterocycles. The number of imide groups is 2. The number of anilines is 1. The minimum absolute atomic E-state index is 0.0401. The lowest BCUT2D eigenvalue weighted by Gasteiger charge is -2.34. The van der Waals surface area contributed by atoms with Gasteiger partial charge >= 0.3 is 0 Å². The van der Waals surface area contributed by atoms with Crippen LogP contribution in [0.25, 0.3) is 0 Å². The van der Waals surface area contributed by atoms with E-state index in [1.807, 2.05) is 4.90 Å². The minimum atomic E-state index is -1.06. The van der Waals surface area contributed by atoms with E-state index in [1.54, 1.807) is 0 Å². The summed E-state index contributed by atoms with van der Waals surface area (Å²) in [6, 6.07) is 2.02. The molecule has 4 aliphatic rings. The van der Waals surface area contributed by atoms with Gasteiger partial charge in [0.1, 0.15) is 11.9 Å². The van der Waals surface area contributed by atoms with Gasteiger partial charge in [0.2, 0.25) is 11.8 Å². The Morgan fingerprint density at radius 2 is 1.62 bits per heavy atom. The maximum Gasteiger partial charge on any atom is 0.262 e. The molecule has 0 saturated carbocycles. The number of nitrogens with two attached hydrogens (primary N) is 1. The molecule has 0 bridgehead atoms. The highest BCUT2D eigenvalue weighted by Gasteiger charge is 2.45. The van der Waals surface area contributed by atoms with E-state index in [2.05, 4.69) is 10.2 Å². The third-order valence-corrected chi connectivity index (χ3v) is 7.10. The molecule has 2 unspecified atom stereocenters. The highest BCUT2D eigenvalue weighted by molar-refractivity contribution is 6.23. The van der Waals surface area contributed by atoms with Crippen LogP contribution in [0.1, 0.15) is 52.8 Å². The SMILES string of the molecule is NC1CCN(C2CCN(c3cc4c(cc3F)C(=O)N(C3CCC(=O)NC3=O)C4=O)C2)CC1. The average molecular weight is 443 g/mol. The van der Waals surface area contributed by atoms with Gasteiger partial charge in [-0.1, -0.05) is 0 Å². The van der Waals surface area contributed by atoms with Gasteiger partial charge in [0.05, 0.1) is 16.8 Å². The summed E-state index contributed by atoms with van der Waals surface area (Å²) in [7, 11) is 0. The molecule has 170 valence electrons. The van der Waals surface area contributed by atoms with Crippen LogP contribution in [0.5, 0.6) is 0 Å². The topological polar surface area (TPSA) is 116 Å². The smallest absolute Gasteiger partial charge is 0.262 e. The van der Waals surface area contributed by atoms with Gasteiger partial charge in [-0.15, -0.1) is 0 Å². The molecule has 4 heterocycles. The third kappa shape index (κ3) is 3.47. The Morgan fingerprint density at radius 3 is 2.31 bits per heavy atom. The second-order valence-electron chi connectivity index (χ2n) is 9.06. The summed E-state index contributed by atoms with van der Waals surface area (Å²) >= 11 is 0. The molecule has 32 heavy (non-hydrogen) atoms. The molecule has 1 aromatic carbocycles. The fraction of sp³-hybridized carbons (Fsp3) is 0.545. The van der Waals surface area contributed by atoms with Crippen molar-refractivity contribution >= 4 is 29.3 Å². The van der Waals surface area contributed by atoms with Crippen molar-refractivity contribution in [2.45, 2.75) is 50.2 Å². The van der Waals surface area contributed by atoms with Crippen LogP contribution in [-0.2, 0) is 9.59 Å². The van der Waals surface area contributed by atoms with Gasteiger partial charge in [-0.05, 0) is 50.9 Å². The van der Waals surface area contributed by atoms with Crippen molar-refractivity contribution in [3.8, 4) is 0 Å². The number of benzene rings is 1. The van der Waals surface area contributed by atoms with Crippen LogP contribution in [-0.4, -0.2) is 77.7 Å². The summed E-state index contributed by atoms with van der Waals surface area (Å²) in [6.07, 6.45) is 2.91. The Labute approximate surface area is 184 Å². The first-order chi connectivity index (χ1) is 15.3. The molecule has 5 rings (SSSR count). The lowest BCUT2D eigenvalue weighted by Crippen LogP contribution is -2.54. The van der Waals surface area contributed by atoms with Gasteiger partial charge < -0.3 is 10.6 Å². The molecule has 2 atom stereocenters. The Hall–Kier alpha value is -2.85. The van der Waals surface area contributed by atoms with E-state index >= 15 is 4.39 Å². The van der Waals surface area contributed by atoms with E-state index in [9.17, 15) is 19.2 Å². The first kappa shape index (κ1) is 21.0. The molecule has 4 amide bonds. The highest BCUT2D eigenvalue weighted by Crippen LogP contribution is 2.34. The summed E-state index contributed by atoms with van der Waals surface area (Å²) in [5.41, 5.74) is 6.36. The maximum atomic E-state index is 15.0. The van der Waals surface area contributed by atoms with Crippen LogP contribution < -0.4 is 16.0 Å². The number of hydrogen-bond acceptors (Lipinski definition) is 7. The quantitative estimate of drug-likeness (QED) is 0.643. The summed E-state index contributed by atoms with van der Waals surface area (Å²) < 4.78 is 15.0. The Morgan fingerprint density at radius 1 is 0.938 bits per heavy atom. The summed E-state index contributed by atoms with van der Waals surface area (Å²) in [4.78, 5) is 54.7. The molecule has 1 aromatic rings. The molecule has 9 nitrogen and oxygen atoms in total. The Kier molecular flexibility index (Phi) is 5.21. The number of likely N-dealkylation sites (tertiary alicyclic amines) is 1. The molecule has 3 fully saturated rings. The number of hydrogen-bond donors (Lipinski definition) is 2. The fourth-order valence-corrected chi connectivity index (χ4v) is 5.26. The number of nitrogens with zero attached hydrogens (tertiary/aromatic N) is 3. The average Bonchev–Trinajstić information content (AvgIpc) is 3.33. The summed E-state index contributed by atoms with van der Waals surface area (Å²) in [5, 5.41) is 2.16. The van der Waals surface area contributed by atoms with Crippen molar-refractivity contribution in [2.24, 2.45) is 5.73 Å². The van der Waals surface area contributed by atoms with Crippen molar-refractivity contribution in [1.82, 2.24) is 15.1 Å². The van der Waals surface area contributed by atoms with E-state index in [1.165, 1.54) is 6.07 Å². The Bertz CT molecular complexity index is 1010. The van der Waals surface area contributed by atoms with Crippen molar-refractivity contribution in [1.29, 1.82) is 0 Å². The van der Waals surface area contributed by atoms with Crippen molar-refractivity contribution in [2.75, 3.05) is 31.1 Å². The predicted octanol–water partition coefficient (Wildman–Crippen LogP) is 0.229. The molecule has 3 N–H and O–H groups in total. The molecule has 10 heteroatoms. The summed E-state index contributed by atoms with van der Waals surface area (Å²) in [6.45, 7) is 3.16. The van der Waals surface area contributed by atoms with Gasteiger partial charge in [0, 0.05) is 31.6 Å². The van der Waals surface area contributed by atoms with E-state index in [0.29, 0.717) is 24.8 Å². The van der Waals surface area contributed by atoms with E-state index in [0.717, 1.165) is 43.3 Å². The lowest BCUT2D eigenvalue weighted by molar-refractivity contribution is -0.136. The number of rotatable bonds is 3. The highest BCUT2D eigenvalue weighted by atomic mass is 19.1. The van der Waals surface area contributed by atoms with Crippen molar-refractivity contribution in [3.63, 3.8) is 0 Å². The number of piperidine rings is 2. The van der Waals surface area contributed by atoms with E-state index < -0.39 is 35.5 Å². The largest absolute Gasteiger partial charge is 0.368 e. The number of amides is 4. The van der Waals surface area contributed by atoms with Crippen LogP contribution >= 0.6 is 0 Å². The van der Waals surface area contributed by atoms with Crippen LogP contribution in [0.3, 0.4) is 0 Å². The van der Waals surface area contributed by atoms with Gasteiger partial charge in [0.15, 0.2) is 0 Å². The normalized spacial score (nSPS) is 27.3. The predicted molar refractivity (Wildman–Crippen MR) is 112 cm³/mol. The molecule has 0 radical (unpaired) electrons. The number of halogens is 1. The zero-order chi connectivity index (χ0) is 22.6. The van der Waals surface area contributed by atoms with Crippen LogP contribution in [0.2, 0.25) is 0 Å². The second-order valence-corrected chi connectivity index (χ2v) is 9.06. The molecule has 4 aliphatic heterocycles. The molecule has 0 aliphatic carbocycles. The first-order valence-electron chi connectivity index (χ1n) is 11.1. The monoisotopic (exact) mass is 443 g/mol. The molecular weight excluding hydrogens is 417 g/mol. The van der Waals surface area contributed by atoms with Crippen molar-refractivity contribution in [3.05, 3.63) is 29.1 Å². The van der Waals surface area contributed by atoms with E-state index in [-0.39, 0.29) is 30.0 Å². The maximum absolute atomic E-state index is 15.0. The first-order valence-corrected chi connectivity index (χ1v) is 11.1. The van der Waals surface area contributed by atoms with E-state index in [4.69, 9.17) is 5.73 Å². The molecule has 0 aromatic heterocycles. The fourth-order valence-electron chi connectivity index (χ4n) is 5.26. The van der Waals surface area contributed by atoms with Gasteiger partial charge in [0.25, 0.3) is 11.8 Å². The lowest BCUT2D eigenvalue weighted by atomic mass is 10.0. The number of fused-ring (bicyclic) bond motifs is 1. The molecular formula is C22H26FN5O4. The zero-order valence-electron chi connectivity index (χ0n) is 17.7. The van der Waals surface area contributed by atoms with Gasteiger partial charge in [-0.25, -0.2) is 4.39 Å². The third-order valence-electron chi connectivity index (χ3n) is 7.10. The van der Waals surface area contributed by atoms with Gasteiger partial charge in [-0.2, -0.15) is 0 Å².